The van der Waals surface area contributed by atoms with Gasteiger partial charge in [-0.25, -0.2) is 13.8 Å². The molecule has 0 aliphatic rings. The van der Waals surface area contributed by atoms with Crippen molar-refractivity contribution in [2.24, 2.45) is 5.16 Å². The molecule has 0 radical (unpaired) electrons. The molecule has 0 aliphatic heterocycles. The summed E-state index contributed by atoms with van der Waals surface area (Å²) in [6, 6.07) is 12.5. The molecule has 2 unspecified atom stereocenters. The van der Waals surface area contributed by atoms with Crippen LogP contribution in [0.1, 0.15) is 30.4 Å². The van der Waals surface area contributed by atoms with E-state index in [1.807, 2.05) is 0 Å². The first-order chi connectivity index (χ1) is 18.2. The van der Waals surface area contributed by atoms with Crippen molar-refractivity contribution >= 4 is 23.5 Å². The highest BCUT2D eigenvalue weighted by Crippen LogP contribution is 2.17. The summed E-state index contributed by atoms with van der Waals surface area (Å²) < 4.78 is 28.5. The van der Waals surface area contributed by atoms with Gasteiger partial charge in [0.25, 0.3) is 0 Å². The monoisotopic (exact) mass is 530 g/mol. The maximum atomic E-state index is 13.1. The Hall–Kier alpha value is -4.66. The molecule has 2 atom stereocenters. The van der Waals surface area contributed by atoms with Gasteiger partial charge in [0.1, 0.15) is 29.7 Å². The molecule has 3 rings (SSSR count). The van der Waals surface area contributed by atoms with E-state index in [1.54, 1.807) is 0 Å². The van der Waals surface area contributed by atoms with Gasteiger partial charge < -0.3 is 35.4 Å². The smallest absolute Gasteiger partial charge is 0.353 e. The Morgan fingerprint density at radius 2 is 1.61 bits per heavy atom. The SMILES string of the molecule is Nc1ccn(C(O)OC(O)COC(=O)CCC(=O)Oc2ccc(/C(=N/O)c3ccc(F)cc3)cc2)c(=O)n1. The summed E-state index contributed by atoms with van der Waals surface area (Å²) in [6.45, 7) is -0.688. The van der Waals surface area contributed by atoms with Gasteiger partial charge in [-0.05, 0) is 54.6 Å². The van der Waals surface area contributed by atoms with E-state index in [0.717, 1.165) is 6.20 Å². The molecule has 2 aromatic carbocycles. The van der Waals surface area contributed by atoms with E-state index in [-0.39, 0.29) is 30.1 Å². The predicted molar refractivity (Wildman–Crippen MR) is 127 cm³/mol. The zero-order chi connectivity index (χ0) is 27.7. The fraction of sp³-hybridized carbons (Fsp3) is 0.208. The topological polar surface area (TPSA) is 196 Å². The van der Waals surface area contributed by atoms with Gasteiger partial charge in [-0.3, -0.25) is 9.59 Å². The quantitative estimate of drug-likeness (QED) is 0.0686. The molecule has 0 aliphatic carbocycles. The number of carbonyl (C=O) groups is 2. The summed E-state index contributed by atoms with van der Waals surface area (Å²) in [4.78, 5) is 38.9. The number of oxime groups is 1. The summed E-state index contributed by atoms with van der Waals surface area (Å²) in [7, 11) is 0. The van der Waals surface area contributed by atoms with Crippen molar-refractivity contribution in [3.63, 3.8) is 0 Å². The van der Waals surface area contributed by atoms with Crippen LogP contribution in [0, 0.1) is 5.82 Å². The van der Waals surface area contributed by atoms with Gasteiger partial charge in [-0.15, -0.1) is 0 Å². The second kappa shape index (κ2) is 13.0. The fourth-order valence-corrected chi connectivity index (χ4v) is 3.03. The number of hydrogen-bond donors (Lipinski definition) is 4. The van der Waals surface area contributed by atoms with Crippen LogP contribution in [0.15, 0.2) is 70.7 Å². The molecule has 1 heterocycles. The number of halogens is 1. The summed E-state index contributed by atoms with van der Waals surface area (Å²) in [5.74, 6) is -1.95. The van der Waals surface area contributed by atoms with Crippen LogP contribution in [-0.2, 0) is 19.1 Å². The number of carbonyl (C=O) groups excluding carboxylic acids is 2. The lowest BCUT2D eigenvalue weighted by molar-refractivity contribution is -0.256. The summed E-state index contributed by atoms with van der Waals surface area (Å²) >= 11 is 0. The van der Waals surface area contributed by atoms with Crippen LogP contribution in [0.2, 0.25) is 0 Å². The molecular weight excluding hydrogens is 507 g/mol. The van der Waals surface area contributed by atoms with E-state index >= 15 is 0 Å². The molecule has 38 heavy (non-hydrogen) atoms. The summed E-state index contributed by atoms with van der Waals surface area (Å²) in [5, 5.41) is 32.2. The Bertz CT molecular complexity index is 1340. The molecule has 0 saturated carbocycles. The van der Waals surface area contributed by atoms with Gasteiger partial charge in [-0.1, -0.05) is 5.16 Å². The van der Waals surface area contributed by atoms with Gasteiger partial charge >= 0.3 is 17.6 Å². The molecule has 5 N–H and O–H groups in total. The van der Waals surface area contributed by atoms with Crippen LogP contribution in [0.25, 0.3) is 0 Å². The first-order valence-corrected chi connectivity index (χ1v) is 11.0. The molecule has 0 amide bonds. The highest BCUT2D eigenvalue weighted by Gasteiger charge is 2.18. The molecule has 1 aromatic heterocycles. The number of aliphatic hydroxyl groups excluding tert-OH is 2. The predicted octanol–water partition coefficient (Wildman–Crippen LogP) is 0.904. The van der Waals surface area contributed by atoms with E-state index in [2.05, 4.69) is 10.1 Å². The zero-order valence-corrected chi connectivity index (χ0v) is 19.6. The maximum Gasteiger partial charge on any atom is 0.353 e. The van der Waals surface area contributed by atoms with Crippen LogP contribution in [0.4, 0.5) is 10.2 Å². The first-order valence-electron chi connectivity index (χ1n) is 11.0. The number of esters is 2. The van der Waals surface area contributed by atoms with Crippen molar-refractivity contribution in [1.29, 1.82) is 0 Å². The van der Waals surface area contributed by atoms with Crippen molar-refractivity contribution in [2.45, 2.75) is 25.5 Å². The van der Waals surface area contributed by atoms with E-state index in [4.69, 9.17) is 19.9 Å². The number of nitrogens with two attached hydrogens (primary N) is 1. The Labute approximate surface area is 214 Å². The number of nitrogens with zero attached hydrogens (tertiary/aromatic N) is 3. The lowest BCUT2D eigenvalue weighted by atomic mass is 10.0. The van der Waals surface area contributed by atoms with Gasteiger partial charge in [0.15, 0.2) is 6.29 Å². The minimum absolute atomic E-state index is 0.0735. The average Bonchev–Trinajstić information content (AvgIpc) is 2.88. The molecule has 14 heteroatoms. The molecule has 13 nitrogen and oxygen atoms in total. The number of rotatable bonds is 11. The number of aliphatic hydroxyl groups is 2. The molecule has 0 bridgehead atoms. The van der Waals surface area contributed by atoms with Gasteiger partial charge in [0, 0.05) is 17.3 Å². The minimum atomic E-state index is -1.92. The third kappa shape index (κ3) is 7.92. The van der Waals surface area contributed by atoms with Gasteiger partial charge in [0.2, 0.25) is 6.41 Å². The highest BCUT2D eigenvalue weighted by molar-refractivity contribution is 6.12. The average molecular weight is 530 g/mol. The Morgan fingerprint density at radius 3 is 2.21 bits per heavy atom. The highest BCUT2D eigenvalue weighted by atomic mass is 19.1. The number of aromatic nitrogens is 2. The largest absolute Gasteiger partial charge is 0.460 e. The fourth-order valence-electron chi connectivity index (χ4n) is 3.03. The molecule has 3 aromatic rings. The number of hydrogen-bond acceptors (Lipinski definition) is 12. The second-order valence-corrected chi connectivity index (χ2v) is 7.60. The number of nitrogen functional groups attached to an aromatic ring is 1. The summed E-state index contributed by atoms with van der Waals surface area (Å²) in [5.41, 5.74) is 5.54. The molecule has 0 spiro atoms. The Balaban J connectivity index is 1.42. The Morgan fingerprint density at radius 1 is 1.00 bits per heavy atom. The van der Waals surface area contributed by atoms with E-state index in [0.29, 0.717) is 15.7 Å². The van der Waals surface area contributed by atoms with E-state index < -0.39 is 42.8 Å². The van der Waals surface area contributed by atoms with Crippen LogP contribution < -0.4 is 16.2 Å². The van der Waals surface area contributed by atoms with Crippen LogP contribution in [-0.4, -0.2) is 55.5 Å². The normalized spacial score (nSPS) is 13.0. The molecule has 200 valence electrons. The lowest BCUT2D eigenvalue weighted by Gasteiger charge is -2.18. The van der Waals surface area contributed by atoms with Crippen LogP contribution in [0.3, 0.4) is 0 Å². The Kier molecular flexibility index (Phi) is 9.59. The zero-order valence-electron chi connectivity index (χ0n) is 19.6. The van der Waals surface area contributed by atoms with E-state index in [1.165, 1.54) is 54.6 Å². The van der Waals surface area contributed by atoms with Crippen LogP contribution in [0.5, 0.6) is 5.75 Å². The standard InChI is InChI=1S/C24H23FN4O9/c25-16-5-1-14(2-6-16)22(28-35)15-3-7-17(8-4-15)37-20(31)10-9-19(30)36-13-21(32)38-24(34)29-12-11-18(26)27-23(29)33/h1-8,11-12,21,24,32,34-35H,9-10,13H2,(H2,26,27,33)/b28-22+. The number of anilines is 1. The van der Waals surface area contributed by atoms with Crippen molar-refractivity contribution in [2.75, 3.05) is 12.3 Å². The van der Waals surface area contributed by atoms with Crippen molar-refractivity contribution in [3.8, 4) is 5.75 Å². The third-order valence-corrected chi connectivity index (χ3v) is 4.87. The molecule has 0 saturated heterocycles. The number of benzene rings is 2. The van der Waals surface area contributed by atoms with Crippen LogP contribution >= 0.6 is 0 Å². The molecular formula is C24H23FN4O9. The minimum Gasteiger partial charge on any atom is -0.460 e. The molecule has 0 fully saturated rings. The van der Waals surface area contributed by atoms with Gasteiger partial charge in [-0.2, -0.15) is 4.98 Å². The first kappa shape index (κ1) is 27.9. The van der Waals surface area contributed by atoms with Crippen molar-refractivity contribution in [1.82, 2.24) is 9.55 Å². The summed E-state index contributed by atoms with van der Waals surface area (Å²) in [6.07, 6.45) is -3.32. The number of ether oxygens (including phenoxy) is 3. The lowest BCUT2D eigenvalue weighted by Crippen LogP contribution is -2.32. The second-order valence-electron chi connectivity index (χ2n) is 7.60. The van der Waals surface area contributed by atoms with Gasteiger partial charge in [0.05, 0.1) is 12.8 Å². The third-order valence-electron chi connectivity index (χ3n) is 4.87. The van der Waals surface area contributed by atoms with Crippen molar-refractivity contribution in [3.05, 3.63) is 88.2 Å². The van der Waals surface area contributed by atoms with E-state index in [9.17, 15) is 34.2 Å². The maximum absolute atomic E-state index is 13.1. The van der Waals surface area contributed by atoms with Crippen molar-refractivity contribution < 1.29 is 43.6 Å².